The van der Waals surface area contributed by atoms with Crippen LogP contribution in [0.5, 0.6) is 0 Å². The first-order chi connectivity index (χ1) is 7.93. The zero-order chi connectivity index (χ0) is 13.4. The van der Waals surface area contributed by atoms with E-state index >= 15 is 0 Å². The summed E-state index contributed by atoms with van der Waals surface area (Å²) in [5, 5.41) is 7.91. The molecule has 0 saturated heterocycles. The van der Waals surface area contributed by atoms with Gasteiger partial charge in [0, 0.05) is 23.1 Å². The number of carbonyl (C=O) groups is 2. The van der Waals surface area contributed by atoms with Gasteiger partial charge in [0.05, 0.1) is 0 Å². The first kappa shape index (κ1) is 15.1. The molecular weight excluding hydrogens is 242 g/mol. The molecule has 1 aromatic carbocycles. The van der Waals surface area contributed by atoms with Gasteiger partial charge in [0.1, 0.15) is 4.98 Å². The van der Waals surface area contributed by atoms with Gasteiger partial charge in [0.15, 0.2) is 5.78 Å². The maximum absolute atomic E-state index is 11.1. The summed E-state index contributed by atoms with van der Waals surface area (Å²) >= 11 is 5.66. The van der Waals surface area contributed by atoms with Crippen LogP contribution in [0.3, 0.4) is 0 Å². The third-order valence-corrected chi connectivity index (χ3v) is 2.00. The highest BCUT2D eigenvalue weighted by Crippen LogP contribution is 2.16. The van der Waals surface area contributed by atoms with E-state index in [-0.39, 0.29) is 16.9 Å². The summed E-state index contributed by atoms with van der Waals surface area (Å²) in [5.41, 5.74) is 5.54. The Morgan fingerprint density at radius 1 is 1.41 bits per heavy atom. The second-order valence-corrected chi connectivity index (χ2v) is 3.50. The SMILES string of the molecule is CC(=O)c1cc(Cl)ccc1C(N)=O.CC[N+]#N. The van der Waals surface area contributed by atoms with Gasteiger partial charge in [-0.25, -0.2) is 0 Å². The average Bonchev–Trinajstić information content (AvgIpc) is 2.28. The minimum atomic E-state index is -0.623. The van der Waals surface area contributed by atoms with Crippen molar-refractivity contribution in [3.8, 4) is 0 Å². The topological polar surface area (TPSA) is 88.3 Å². The molecule has 0 heterocycles. The van der Waals surface area contributed by atoms with E-state index < -0.39 is 5.91 Å². The van der Waals surface area contributed by atoms with Crippen molar-refractivity contribution in [2.75, 3.05) is 6.54 Å². The molecule has 0 radical (unpaired) electrons. The fourth-order valence-corrected chi connectivity index (χ4v) is 1.19. The lowest BCUT2D eigenvalue weighted by molar-refractivity contribution is 0.0973. The molecule has 1 aromatic rings. The molecule has 17 heavy (non-hydrogen) atoms. The maximum Gasteiger partial charge on any atom is 0.302 e. The second kappa shape index (κ2) is 7.36. The summed E-state index contributed by atoms with van der Waals surface area (Å²) in [6.45, 7) is 3.62. The van der Waals surface area contributed by atoms with Crippen LogP contribution in [-0.2, 0) is 0 Å². The molecule has 1 amide bonds. The van der Waals surface area contributed by atoms with E-state index in [4.69, 9.17) is 22.7 Å². The number of ketones is 1. The van der Waals surface area contributed by atoms with E-state index in [0.29, 0.717) is 11.6 Å². The number of benzene rings is 1. The van der Waals surface area contributed by atoms with Crippen molar-refractivity contribution in [2.24, 2.45) is 5.73 Å². The molecule has 0 spiro atoms. The number of diazo groups is 1. The van der Waals surface area contributed by atoms with Gasteiger partial charge < -0.3 is 5.73 Å². The van der Waals surface area contributed by atoms with Crippen LogP contribution in [0, 0.1) is 5.39 Å². The highest BCUT2D eigenvalue weighted by molar-refractivity contribution is 6.31. The number of Topliss-reactive ketones (excluding diaryl/α,β-unsaturated/α-hetero) is 1. The number of hydrogen-bond donors (Lipinski definition) is 1. The van der Waals surface area contributed by atoms with Gasteiger partial charge in [-0.15, -0.1) is 0 Å². The first-order valence-electron chi connectivity index (χ1n) is 4.85. The summed E-state index contributed by atoms with van der Waals surface area (Å²) in [6.07, 6.45) is 0. The number of halogens is 1. The van der Waals surface area contributed by atoms with E-state index in [1.165, 1.54) is 25.1 Å². The van der Waals surface area contributed by atoms with Crippen molar-refractivity contribution in [1.29, 1.82) is 5.39 Å². The largest absolute Gasteiger partial charge is 0.366 e. The zero-order valence-electron chi connectivity index (χ0n) is 9.61. The Morgan fingerprint density at radius 2 is 1.94 bits per heavy atom. The molecule has 6 heteroatoms. The number of nitrogens with two attached hydrogens (primary N) is 1. The maximum atomic E-state index is 11.1. The Balaban J connectivity index is 0.000000557. The van der Waals surface area contributed by atoms with Crippen LogP contribution in [0.1, 0.15) is 34.6 Å². The number of carbonyl (C=O) groups excluding carboxylic acids is 2. The van der Waals surface area contributed by atoms with Crippen LogP contribution >= 0.6 is 11.6 Å². The number of rotatable bonds is 2. The van der Waals surface area contributed by atoms with E-state index in [1.807, 2.05) is 0 Å². The minimum Gasteiger partial charge on any atom is -0.366 e. The standard InChI is InChI=1S/C9H8ClNO2.C2H5N2/c1-5(12)8-4-6(10)2-3-7(8)9(11)13;1-2-4-3/h2-4H,1H3,(H2,11,13);2H2,1H3/q;+1. The lowest BCUT2D eigenvalue weighted by atomic mass is 10.0. The predicted octanol–water partition coefficient (Wildman–Crippen LogP) is 2.50. The predicted molar refractivity (Wildman–Crippen MR) is 65.6 cm³/mol. The van der Waals surface area contributed by atoms with E-state index in [2.05, 4.69) is 4.98 Å². The molecule has 1 rings (SSSR count). The van der Waals surface area contributed by atoms with Gasteiger partial charge in [-0.1, -0.05) is 11.6 Å². The third kappa shape index (κ3) is 5.09. The summed E-state index contributed by atoms with van der Waals surface area (Å²) in [6, 6.07) is 4.40. The van der Waals surface area contributed by atoms with Crippen LogP contribution in [0.4, 0.5) is 0 Å². The molecule has 0 unspecified atom stereocenters. The Bertz CT molecular complexity index is 466. The molecular formula is C11H13ClN3O2+. The minimum absolute atomic E-state index is 0.205. The molecule has 0 bridgehead atoms. The summed E-state index contributed by atoms with van der Waals surface area (Å²) in [4.78, 5) is 24.7. The lowest BCUT2D eigenvalue weighted by Crippen LogP contribution is -2.15. The lowest BCUT2D eigenvalue weighted by Gasteiger charge is -2.02. The second-order valence-electron chi connectivity index (χ2n) is 3.07. The number of amides is 1. The van der Waals surface area contributed by atoms with Crippen molar-refractivity contribution in [3.63, 3.8) is 0 Å². The van der Waals surface area contributed by atoms with E-state index in [9.17, 15) is 9.59 Å². The molecule has 0 saturated carbocycles. The van der Waals surface area contributed by atoms with Gasteiger partial charge in [-0.2, -0.15) is 0 Å². The highest BCUT2D eigenvalue weighted by Gasteiger charge is 2.11. The van der Waals surface area contributed by atoms with Gasteiger partial charge in [0.2, 0.25) is 11.3 Å². The molecule has 0 aliphatic heterocycles. The van der Waals surface area contributed by atoms with Crippen LogP contribution in [0.15, 0.2) is 18.2 Å². The molecule has 2 N–H and O–H groups in total. The molecule has 0 aliphatic rings. The zero-order valence-corrected chi connectivity index (χ0v) is 10.4. The third-order valence-electron chi connectivity index (χ3n) is 1.77. The monoisotopic (exact) mass is 254 g/mol. The van der Waals surface area contributed by atoms with E-state index in [0.717, 1.165) is 0 Å². The summed E-state index contributed by atoms with van der Waals surface area (Å²) in [5.74, 6) is -0.849. The summed E-state index contributed by atoms with van der Waals surface area (Å²) in [7, 11) is 0. The Labute approximate surface area is 104 Å². The molecule has 0 aromatic heterocycles. The summed E-state index contributed by atoms with van der Waals surface area (Å²) < 4.78 is 0. The fourth-order valence-electron chi connectivity index (χ4n) is 1.02. The average molecular weight is 255 g/mol. The molecule has 90 valence electrons. The van der Waals surface area contributed by atoms with Crippen LogP contribution in [-0.4, -0.2) is 18.2 Å². The van der Waals surface area contributed by atoms with Gasteiger partial charge >= 0.3 is 6.54 Å². The van der Waals surface area contributed by atoms with Crippen molar-refractivity contribution < 1.29 is 9.59 Å². The smallest absolute Gasteiger partial charge is 0.302 e. The highest BCUT2D eigenvalue weighted by atomic mass is 35.5. The van der Waals surface area contributed by atoms with Gasteiger partial charge in [0.25, 0.3) is 0 Å². The van der Waals surface area contributed by atoms with Crippen molar-refractivity contribution in [1.82, 2.24) is 0 Å². The van der Waals surface area contributed by atoms with Gasteiger partial charge in [-0.05, 0) is 25.1 Å². The molecule has 5 nitrogen and oxygen atoms in total. The number of primary amides is 1. The van der Waals surface area contributed by atoms with Crippen molar-refractivity contribution in [2.45, 2.75) is 13.8 Å². The first-order valence-corrected chi connectivity index (χ1v) is 5.23. The molecule has 0 atom stereocenters. The van der Waals surface area contributed by atoms with E-state index in [1.54, 1.807) is 6.92 Å². The Hall–Kier alpha value is -1.93. The van der Waals surface area contributed by atoms with Crippen LogP contribution in [0.2, 0.25) is 5.02 Å². The van der Waals surface area contributed by atoms with Crippen molar-refractivity contribution >= 4 is 23.3 Å². The normalized spacial score (nSPS) is 8.59. The molecule has 0 fully saturated rings. The van der Waals surface area contributed by atoms with Crippen LogP contribution in [0.25, 0.3) is 4.98 Å². The van der Waals surface area contributed by atoms with Crippen LogP contribution < -0.4 is 5.73 Å². The van der Waals surface area contributed by atoms with Gasteiger partial charge in [-0.3, -0.25) is 9.59 Å². The Kier molecular flexibility index (Phi) is 6.53. The number of hydrogen-bond acceptors (Lipinski definition) is 3. The Morgan fingerprint density at radius 3 is 2.29 bits per heavy atom. The number of nitrogens with zero attached hydrogens (tertiary/aromatic N) is 2. The quantitative estimate of drug-likeness (QED) is 0.650. The van der Waals surface area contributed by atoms with Crippen molar-refractivity contribution in [3.05, 3.63) is 39.3 Å². The molecule has 0 aliphatic carbocycles. The fraction of sp³-hybridized carbons (Fsp3) is 0.273.